The maximum Gasteiger partial charge on any atom is 0.0506 e. The van der Waals surface area contributed by atoms with Crippen LogP contribution in [-0.2, 0) is 4.74 Å². The number of rotatable bonds is 5. The van der Waals surface area contributed by atoms with Crippen molar-refractivity contribution in [3.05, 3.63) is 34.9 Å². The first kappa shape index (κ1) is 13.9. The van der Waals surface area contributed by atoms with Crippen molar-refractivity contribution in [1.82, 2.24) is 5.32 Å². The smallest absolute Gasteiger partial charge is 0.0506 e. The molecule has 1 heterocycles. The van der Waals surface area contributed by atoms with E-state index in [1.165, 1.54) is 18.4 Å². The molecule has 18 heavy (non-hydrogen) atoms. The Balaban J connectivity index is 1.86. The van der Waals surface area contributed by atoms with Crippen LogP contribution in [0, 0.1) is 5.92 Å². The van der Waals surface area contributed by atoms with Crippen LogP contribution in [0.25, 0.3) is 0 Å². The van der Waals surface area contributed by atoms with Crippen LogP contribution >= 0.6 is 11.6 Å². The van der Waals surface area contributed by atoms with Crippen LogP contribution in [0.4, 0.5) is 0 Å². The van der Waals surface area contributed by atoms with Crippen molar-refractivity contribution in [2.45, 2.75) is 32.2 Å². The van der Waals surface area contributed by atoms with E-state index in [1.807, 2.05) is 12.1 Å². The minimum atomic E-state index is 0.421. The summed E-state index contributed by atoms with van der Waals surface area (Å²) in [6, 6.07) is 8.57. The van der Waals surface area contributed by atoms with Gasteiger partial charge in [-0.1, -0.05) is 30.7 Å². The van der Waals surface area contributed by atoms with E-state index < -0.39 is 0 Å². The van der Waals surface area contributed by atoms with Gasteiger partial charge in [0, 0.05) is 24.2 Å². The molecule has 1 aliphatic rings. The second-order valence-corrected chi connectivity index (χ2v) is 5.44. The second-order valence-electron chi connectivity index (χ2n) is 5.00. The molecule has 1 fully saturated rings. The fraction of sp³-hybridized carbons (Fsp3) is 0.600. The van der Waals surface area contributed by atoms with Gasteiger partial charge in [-0.05, 0) is 42.9 Å². The minimum Gasteiger partial charge on any atom is -0.381 e. The summed E-state index contributed by atoms with van der Waals surface area (Å²) >= 11 is 5.92. The molecule has 1 aromatic carbocycles. The van der Waals surface area contributed by atoms with Crippen LogP contribution in [-0.4, -0.2) is 19.8 Å². The zero-order valence-corrected chi connectivity index (χ0v) is 11.7. The summed E-state index contributed by atoms with van der Waals surface area (Å²) in [6.07, 6.45) is 3.57. The Hall–Kier alpha value is -0.570. The average Bonchev–Trinajstić information content (AvgIpc) is 2.42. The van der Waals surface area contributed by atoms with E-state index in [2.05, 4.69) is 24.4 Å². The number of halogens is 1. The van der Waals surface area contributed by atoms with Gasteiger partial charge in [0.1, 0.15) is 0 Å². The summed E-state index contributed by atoms with van der Waals surface area (Å²) in [4.78, 5) is 0. The molecule has 2 atom stereocenters. The maximum atomic E-state index is 5.92. The van der Waals surface area contributed by atoms with Crippen LogP contribution < -0.4 is 5.32 Å². The first-order chi connectivity index (χ1) is 8.79. The predicted molar refractivity (Wildman–Crippen MR) is 76.0 cm³/mol. The van der Waals surface area contributed by atoms with Gasteiger partial charge in [0.15, 0.2) is 0 Å². The number of benzene rings is 1. The first-order valence-corrected chi connectivity index (χ1v) is 7.24. The standard InChI is InChI=1S/C15H22ClNO/c1-2-15(13-5-7-14(16)8-6-13)17-10-12-4-3-9-18-11-12/h5-8,12,15,17H,2-4,9-11H2,1H3. The molecule has 2 rings (SSSR count). The molecule has 2 unspecified atom stereocenters. The molecule has 100 valence electrons. The van der Waals surface area contributed by atoms with Gasteiger partial charge >= 0.3 is 0 Å². The largest absolute Gasteiger partial charge is 0.381 e. The molecule has 0 aromatic heterocycles. The Morgan fingerprint density at radius 3 is 2.78 bits per heavy atom. The van der Waals surface area contributed by atoms with Gasteiger partial charge < -0.3 is 10.1 Å². The lowest BCUT2D eigenvalue weighted by atomic mass is 10.00. The summed E-state index contributed by atoms with van der Waals surface area (Å²) in [7, 11) is 0. The summed E-state index contributed by atoms with van der Waals surface area (Å²) in [5.41, 5.74) is 1.32. The zero-order valence-electron chi connectivity index (χ0n) is 11.0. The molecule has 2 nitrogen and oxygen atoms in total. The van der Waals surface area contributed by atoms with E-state index >= 15 is 0 Å². The molecule has 0 aliphatic carbocycles. The van der Waals surface area contributed by atoms with E-state index in [-0.39, 0.29) is 0 Å². The molecule has 3 heteroatoms. The molecular weight excluding hydrogens is 246 g/mol. The van der Waals surface area contributed by atoms with E-state index in [1.54, 1.807) is 0 Å². The number of ether oxygens (including phenoxy) is 1. The van der Waals surface area contributed by atoms with Gasteiger partial charge in [-0.2, -0.15) is 0 Å². The Bertz CT molecular complexity index is 346. The van der Waals surface area contributed by atoms with E-state index in [0.29, 0.717) is 12.0 Å². The van der Waals surface area contributed by atoms with Crippen molar-refractivity contribution in [2.24, 2.45) is 5.92 Å². The molecule has 0 radical (unpaired) electrons. The van der Waals surface area contributed by atoms with E-state index in [0.717, 1.165) is 31.2 Å². The van der Waals surface area contributed by atoms with Crippen molar-refractivity contribution in [1.29, 1.82) is 0 Å². The molecule has 0 amide bonds. The highest BCUT2D eigenvalue weighted by Crippen LogP contribution is 2.20. The van der Waals surface area contributed by atoms with Crippen LogP contribution in [0.2, 0.25) is 5.02 Å². The molecule has 0 saturated carbocycles. The number of nitrogens with one attached hydrogen (secondary N) is 1. The Morgan fingerprint density at radius 2 is 2.17 bits per heavy atom. The van der Waals surface area contributed by atoms with Crippen LogP contribution in [0.5, 0.6) is 0 Å². The fourth-order valence-electron chi connectivity index (χ4n) is 2.47. The minimum absolute atomic E-state index is 0.421. The van der Waals surface area contributed by atoms with E-state index in [4.69, 9.17) is 16.3 Å². The SMILES string of the molecule is CCC(NCC1CCCOC1)c1ccc(Cl)cc1. The van der Waals surface area contributed by atoms with Crippen molar-refractivity contribution in [3.63, 3.8) is 0 Å². The highest BCUT2D eigenvalue weighted by atomic mass is 35.5. The zero-order chi connectivity index (χ0) is 12.8. The van der Waals surface area contributed by atoms with Crippen molar-refractivity contribution in [3.8, 4) is 0 Å². The van der Waals surface area contributed by atoms with Gasteiger partial charge in [-0.25, -0.2) is 0 Å². The monoisotopic (exact) mass is 267 g/mol. The quantitative estimate of drug-likeness (QED) is 0.876. The highest BCUT2D eigenvalue weighted by Gasteiger charge is 2.16. The second kappa shape index (κ2) is 7.13. The van der Waals surface area contributed by atoms with E-state index in [9.17, 15) is 0 Å². The summed E-state index contributed by atoms with van der Waals surface area (Å²) in [6.45, 7) is 5.10. The van der Waals surface area contributed by atoms with Crippen molar-refractivity contribution in [2.75, 3.05) is 19.8 Å². The van der Waals surface area contributed by atoms with Crippen LogP contribution in [0.3, 0.4) is 0 Å². The fourth-order valence-corrected chi connectivity index (χ4v) is 2.60. The molecule has 0 spiro atoms. The summed E-state index contributed by atoms with van der Waals surface area (Å²) in [5.74, 6) is 0.667. The van der Waals surface area contributed by atoms with Crippen LogP contribution in [0.1, 0.15) is 37.8 Å². The van der Waals surface area contributed by atoms with Crippen molar-refractivity contribution >= 4 is 11.6 Å². The average molecular weight is 268 g/mol. The number of hydrogen-bond donors (Lipinski definition) is 1. The summed E-state index contributed by atoms with van der Waals surface area (Å²) < 4.78 is 5.51. The third-order valence-corrected chi connectivity index (χ3v) is 3.84. The lowest BCUT2D eigenvalue weighted by molar-refractivity contribution is 0.0537. The topological polar surface area (TPSA) is 21.3 Å². The Morgan fingerprint density at radius 1 is 1.39 bits per heavy atom. The molecule has 1 saturated heterocycles. The lowest BCUT2D eigenvalue weighted by Crippen LogP contribution is -2.31. The Kier molecular flexibility index (Phi) is 5.48. The molecule has 1 aliphatic heterocycles. The molecule has 0 bridgehead atoms. The van der Waals surface area contributed by atoms with Gasteiger partial charge in [-0.15, -0.1) is 0 Å². The normalized spacial score (nSPS) is 21.8. The summed E-state index contributed by atoms with van der Waals surface area (Å²) in [5, 5.41) is 4.45. The van der Waals surface area contributed by atoms with Gasteiger partial charge in [0.05, 0.1) is 6.61 Å². The number of hydrogen-bond acceptors (Lipinski definition) is 2. The molecular formula is C15H22ClNO. The van der Waals surface area contributed by atoms with Crippen LogP contribution in [0.15, 0.2) is 24.3 Å². The van der Waals surface area contributed by atoms with Gasteiger partial charge in [-0.3, -0.25) is 0 Å². The van der Waals surface area contributed by atoms with Crippen molar-refractivity contribution < 1.29 is 4.74 Å². The van der Waals surface area contributed by atoms with Gasteiger partial charge in [0.2, 0.25) is 0 Å². The molecule has 1 N–H and O–H groups in total. The first-order valence-electron chi connectivity index (χ1n) is 6.86. The predicted octanol–water partition coefficient (Wildman–Crippen LogP) is 3.81. The van der Waals surface area contributed by atoms with Gasteiger partial charge in [0.25, 0.3) is 0 Å². The highest BCUT2D eigenvalue weighted by molar-refractivity contribution is 6.30. The Labute approximate surface area is 115 Å². The maximum absolute atomic E-state index is 5.92. The third-order valence-electron chi connectivity index (χ3n) is 3.59. The molecule has 1 aromatic rings. The third kappa shape index (κ3) is 3.98. The lowest BCUT2D eigenvalue weighted by Gasteiger charge is -2.25.